The summed E-state index contributed by atoms with van der Waals surface area (Å²) >= 11 is 0. The number of carbonyl (C=O) groups excluding carboxylic acids is 1. The molecule has 45 heavy (non-hydrogen) atoms. The highest BCUT2D eigenvalue weighted by Gasteiger charge is 2.15. The van der Waals surface area contributed by atoms with Crippen molar-refractivity contribution in [2.24, 2.45) is 5.73 Å². The van der Waals surface area contributed by atoms with Gasteiger partial charge < -0.3 is 10.3 Å². The summed E-state index contributed by atoms with van der Waals surface area (Å²) in [5.41, 5.74) is 6.33. The molecule has 1 rings (SSSR count). The van der Waals surface area contributed by atoms with Crippen molar-refractivity contribution in [3.05, 3.63) is 18.2 Å². The van der Waals surface area contributed by atoms with Gasteiger partial charge in [0.2, 0.25) is 0 Å². The van der Waals surface area contributed by atoms with E-state index in [0.717, 1.165) is 25.1 Å². The molecule has 0 saturated heterocycles. The maximum atomic E-state index is 12.7. The fourth-order valence-electron chi connectivity index (χ4n) is 6.56. The second-order valence-electron chi connectivity index (χ2n) is 14.0. The number of nitrogens with two attached hydrogens (primary N) is 1. The number of hydrogen-bond acceptors (Lipinski definition) is 3. The van der Waals surface area contributed by atoms with E-state index in [4.69, 9.17) is 5.73 Å². The molecule has 0 bridgehead atoms. The van der Waals surface area contributed by atoms with Crippen LogP contribution in [-0.4, -0.2) is 21.4 Å². The van der Waals surface area contributed by atoms with Gasteiger partial charge in [0, 0.05) is 31.8 Å². The van der Waals surface area contributed by atoms with E-state index in [-0.39, 0.29) is 18.2 Å². The third kappa shape index (κ3) is 27.9. The molecule has 0 aliphatic rings. The van der Waals surface area contributed by atoms with Crippen LogP contribution in [0, 0.1) is 0 Å². The maximum Gasteiger partial charge on any atom is 0.151 e. The highest BCUT2D eigenvalue weighted by molar-refractivity contribution is 5.85. The van der Waals surface area contributed by atoms with Crippen molar-refractivity contribution in [1.29, 1.82) is 0 Å². The van der Waals surface area contributed by atoms with E-state index in [0.29, 0.717) is 13.0 Å². The molecule has 0 saturated carbocycles. The second-order valence-corrected chi connectivity index (χ2v) is 14.0. The Hall–Kier alpha value is -0.870. The fraction of sp³-hybridized carbons (Fsp3) is 0.900. The number of nitrogens with zero attached hydrogens (tertiary/aromatic N) is 2. The summed E-state index contributed by atoms with van der Waals surface area (Å²) in [5.74, 6) is 1.31. The van der Waals surface area contributed by atoms with E-state index < -0.39 is 6.04 Å². The molecule has 0 spiro atoms. The SMILES string of the molecule is CCCCCCCCCCCCCCCCCC(=O)C(N)Cn1ccnc1CCCCCCCCCCCCCCCCC.Cl. The molecule has 2 N–H and O–H groups in total. The molecule has 1 aromatic rings. The van der Waals surface area contributed by atoms with Gasteiger partial charge in [0.1, 0.15) is 5.82 Å². The standard InChI is InChI=1S/C40H77N3O.ClH/c1-3-5-7-9-11-13-15-17-19-21-23-25-27-29-31-33-39(44)38(41)37-43-36-35-42-40(43)34-32-30-28-26-24-22-20-18-16-14-12-10-8-6-4-2;/h35-36,38H,3-34,37,41H2,1-2H3;1H. The van der Waals surface area contributed by atoms with Gasteiger partial charge in [-0.3, -0.25) is 4.79 Å². The van der Waals surface area contributed by atoms with Gasteiger partial charge in [-0.25, -0.2) is 4.98 Å². The Morgan fingerprint density at radius 2 is 0.911 bits per heavy atom. The zero-order chi connectivity index (χ0) is 31.8. The lowest BCUT2D eigenvalue weighted by Crippen LogP contribution is -2.35. The lowest BCUT2D eigenvalue weighted by Gasteiger charge is -2.14. The number of imidazole rings is 1. The summed E-state index contributed by atoms with van der Waals surface area (Å²) in [6, 6.07) is -0.407. The monoisotopic (exact) mass is 652 g/mol. The first-order valence-electron chi connectivity index (χ1n) is 20.0. The van der Waals surface area contributed by atoms with E-state index in [2.05, 4.69) is 23.4 Å². The predicted octanol–water partition coefficient (Wildman–Crippen LogP) is 12.9. The van der Waals surface area contributed by atoms with E-state index in [1.807, 2.05) is 12.4 Å². The number of aromatic nitrogens is 2. The van der Waals surface area contributed by atoms with Gasteiger partial charge >= 0.3 is 0 Å². The number of ketones is 1. The van der Waals surface area contributed by atoms with E-state index in [1.54, 1.807) is 0 Å². The summed E-state index contributed by atoms with van der Waals surface area (Å²) < 4.78 is 2.12. The minimum Gasteiger partial charge on any atom is -0.333 e. The van der Waals surface area contributed by atoms with Crippen molar-refractivity contribution in [2.45, 2.75) is 232 Å². The molecule has 0 fully saturated rings. The van der Waals surface area contributed by atoms with Gasteiger partial charge in [-0.1, -0.05) is 194 Å². The van der Waals surface area contributed by atoms with Crippen LogP contribution < -0.4 is 5.73 Å². The Kier molecular flexibility index (Phi) is 33.8. The molecule has 5 heteroatoms. The lowest BCUT2D eigenvalue weighted by atomic mass is 10.0. The number of aryl methyl sites for hydroxylation is 1. The Balaban J connectivity index is 0.0000194. The molecule has 1 atom stereocenters. The van der Waals surface area contributed by atoms with E-state index in [1.165, 1.54) is 180 Å². The summed E-state index contributed by atoms with van der Waals surface area (Å²) in [5, 5.41) is 0. The first-order valence-corrected chi connectivity index (χ1v) is 20.0. The molecular weight excluding hydrogens is 574 g/mol. The first kappa shape index (κ1) is 44.1. The number of unbranched alkanes of at least 4 members (excludes halogenated alkanes) is 28. The molecule has 1 aromatic heterocycles. The highest BCUT2D eigenvalue weighted by atomic mass is 35.5. The lowest BCUT2D eigenvalue weighted by molar-refractivity contribution is -0.120. The van der Waals surface area contributed by atoms with Crippen molar-refractivity contribution in [3.63, 3.8) is 0 Å². The minimum atomic E-state index is -0.407. The molecule has 0 aliphatic heterocycles. The van der Waals surface area contributed by atoms with Crippen LogP contribution in [0.15, 0.2) is 12.4 Å². The molecule has 0 aliphatic carbocycles. The van der Waals surface area contributed by atoms with Gasteiger partial charge in [0.15, 0.2) is 5.78 Å². The van der Waals surface area contributed by atoms with Crippen molar-refractivity contribution in [3.8, 4) is 0 Å². The Bertz CT molecular complexity index is 737. The smallest absolute Gasteiger partial charge is 0.151 e. The third-order valence-electron chi connectivity index (χ3n) is 9.64. The van der Waals surface area contributed by atoms with Gasteiger partial charge in [-0.05, 0) is 12.8 Å². The normalized spacial score (nSPS) is 12.0. The topological polar surface area (TPSA) is 60.9 Å². The zero-order valence-corrected chi connectivity index (χ0v) is 31.2. The summed E-state index contributed by atoms with van der Waals surface area (Å²) in [6.45, 7) is 5.15. The molecule has 0 radical (unpaired) electrons. The third-order valence-corrected chi connectivity index (χ3v) is 9.64. The maximum absolute atomic E-state index is 12.7. The van der Waals surface area contributed by atoms with Crippen LogP contribution in [0.3, 0.4) is 0 Å². The molecule has 1 heterocycles. The largest absolute Gasteiger partial charge is 0.333 e. The number of rotatable bonds is 35. The van der Waals surface area contributed by atoms with Crippen LogP contribution in [0.1, 0.15) is 219 Å². The van der Waals surface area contributed by atoms with Gasteiger partial charge in [-0.2, -0.15) is 0 Å². The number of hydrogen-bond donors (Lipinski definition) is 1. The first-order chi connectivity index (χ1) is 21.7. The van der Waals surface area contributed by atoms with Gasteiger partial charge in [-0.15, -0.1) is 12.4 Å². The Morgan fingerprint density at radius 1 is 0.578 bits per heavy atom. The predicted molar refractivity (Wildman–Crippen MR) is 201 cm³/mol. The molecule has 0 aromatic carbocycles. The molecule has 266 valence electrons. The Labute approximate surface area is 287 Å². The summed E-state index contributed by atoms with van der Waals surface area (Å²) in [7, 11) is 0. The van der Waals surface area contributed by atoms with Crippen LogP contribution in [0.25, 0.3) is 0 Å². The second kappa shape index (κ2) is 34.5. The van der Waals surface area contributed by atoms with E-state index >= 15 is 0 Å². The average molecular weight is 653 g/mol. The Morgan fingerprint density at radius 3 is 1.29 bits per heavy atom. The average Bonchev–Trinajstić information content (AvgIpc) is 3.47. The fourth-order valence-corrected chi connectivity index (χ4v) is 6.56. The van der Waals surface area contributed by atoms with Crippen LogP contribution in [0.4, 0.5) is 0 Å². The van der Waals surface area contributed by atoms with Crippen LogP contribution >= 0.6 is 12.4 Å². The molecule has 0 amide bonds. The van der Waals surface area contributed by atoms with Crippen molar-refractivity contribution >= 4 is 18.2 Å². The molecular formula is C40H78ClN3O. The van der Waals surface area contributed by atoms with Crippen LogP contribution in [-0.2, 0) is 17.8 Å². The molecule has 1 unspecified atom stereocenters. The van der Waals surface area contributed by atoms with Gasteiger partial charge in [0.05, 0.1) is 6.04 Å². The highest BCUT2D eigenvalue weighted by Crippen LogP contribution is 2.16. The number of halogens is 1. The minimum absolute atomic E-state index is 0. The van der Waals surface area contributed by atoms with Crippen molar-refractivity contribution < 1.29 is 4.79 Å². The molecule has 4 nitrogen and oxygen atoms in total. The summed E-state index contributed by atoms with van der Waals surface area (Å²) in [4.78, 5) is 17.2. The number of carbonyl (C=O) groups is 1. The van der Waals surface area contributed by atoms with Crippen molar-refractivity contribution in [1.82, 2.24) is 9.55 Å². The van der Waals surface area contributed by atoms with Crippen molar-refractivity contribution in [2.75, 3.05) is 0 Å². The van der Waals surface area contributed by atoms with Crippen LogP contribution in [0.2, 0.25) is 0 Å². The quantitative estimate of drug-likeness (QED) is 0.0743. The van der Waals surface area contributed by atoms with Crippen LogP contribution in [0.5, 0.6) is 0 Å². The van der Waals surface area contributed by atoms with Gasteiger partial charge in [0.25, 0.3) is 0 Å². The number of Topliss-reactive ketones (excluding diaryl/α,β-unsaturated/α-hetero) is 1. The zero-order valence-electron chi connectivity index (χ0n) is 30.4. The summed E-state index contributed by atoms with van der Waals surface area (Å²) in [6.07, 6.45) is 46.4. The van der Waals surface area contributed by atoms with E-state index in [9.17, 15) is 4.79 Å².